The van der Waals surface area contributed by atoms with Crippen LogP contribution < -0.4 is 0 Å². The van der Waals surface area contributed by atoms with Gasteiger partial charge in [0.15, 0.2) is 6.66 Å². The Morgan fingerprint density at radius 3 is 1.83 bits per heavy atom. The van der Waals surface area contributed by atoms with Crippen molar-refractivity contribution >= 4 is 31.1 Å². The molecular weight excluding hydrogens is 111 g/mol. The summed E-state index contributed by atoms with van der Waals surface area (Å²) < 4.78 is 9.15. The maximum Gasteiger partial charge on any atom is 2.00 e. The fraction of sp³-hybridized carbons (Fsp3) is 1.00. The molecule has 0 fully saturated rings. The second-order valence-electron chi connectivity index (χ2n) is 0.464. The summed E-state index contributed by atoms with van der Waals surface area (Å²) in [5.74, 6) is 0. The van der Waals surface area contributed by atoms with E-state index in [2.05, 4.69) is 0 Å². The summed E-state index contributed by atoms with van der Waals surface area (Å²) in [6.07, 6.45) is 0. The fourth-order valence-electron chi connectivity index (χ4n) is 0. The maximum absolute atomic E-state index is 9.15. The fourth-order valence-corrected chi connectivity index (χ4v) is 0. The molecule has 0 amide bonds. The average Bonchev–Trinajstić information content (AvgIpc) is 0.811. The minimum absolute atomic E-state index is 0. The van der Waals surface area contributed by atoms with Crippen LogP contribution in [0, 0.1) is 0 Å². The van der Waals surface area contributed by atoms with Crippen molar-refractivity contribution in [3.05, 3.63) is 0 Å². The SMILES string of the molecule is C.C[P+](=O)O.[H-].[H-].[Mg+2]. The quantitative estimate of drug-likeness (QED) is 0.381. The Morgan fingerprint density at radius 1 is 1.83 bits per heavy atom. The van der Waals surface area contributed by atoms with Crippen molar-refractivity contribution in [2.24, 2.45) is 0 Å². The van der Waals surface area contributed by atoms with E-state index in [1.54, 1.807) is 0 Å². The zero-order valence-electron chi connectivity index (χ0n) is 5.01. The van der Waals surface area contributed by atoms with Gasteiger partial charge in [0.1, 0.15) is 0 Å². The van der Waals surface area contributed by atoms with Crippen LogP contribution in [-0.4, -0.2) is 34.6 Å². The van der Waals surface area contributed by atoms with Crippen molar-refractivity contribution in [3.63, 3.8) is 0 Å². The van der Waals surface area contributed by atoms with Crippen molar-refractivity contribution in [1.29, 1.82) is 0 Å². The molecule has 0 aliphatic heterocycles. The van der Waals surface area contributed by atoms with E-state index in [9.17, 15) is 0 Å². The summed E-state index contributed by atoms with van der Waals surface area (Å²) in [5, 5.41) is 0. The van der Waals surface area contributed by atoms with E-state index in [-0.39, 0.29) is 33.3 Å². The van der Waals surface area contributed by atoms with Crippen molar-refractivity contribution in [2.45, 2.75) is 7.43 Å². The van der Waals surface area contributed by atoms with Gasteiger partial charge in [-0.25, -0.2) is 0 Å². The summed E-state index contributed by atoms with van der Waals surface area (Å²) in [7, 11) is -1.87. The predicted molar refractivity (Wildman–Crippen MR) is 30.5 cm³/mol. The van der Waals surface area contributed by atoms with E-state index >= 15 is 0 Å². The molecule has 1 atom stereocenters. The largest absolute Gasteiger partial charge is 2.00 e. The van der Waals surface area contributed by atoms with Gasteiger partial charge in [0.2, 0.25) is 0 Å². The van der Waals surface area contributed by atoms with E-state index in [0.717, 1.165) is 0 Å². The average molecular weight is 121 g/mol. The number of rotatable bonds is 0. The molecule has 0 spiro atoms. The van der Waals surface area contributed by atoms with Gasteiger partial charge in [-0.15, -0.1) is 0 Å². The van der Waals surface area contributed by atoms with Crippen molar-refractivity contribution in [2.75, 3.05) is 6.66 Å². The summed E-state index contributed by atoms with van der Waals surface area (Å²) >= 11 is 0. The third-order valence-corrected chi connectivity index (χ3v) is 0. The van der Waals surface area contributed by atoms with Crippen LogP contribution in [0.1, 0.15) is 10.3 Å². The molecule has 6 heavy (non-hydrogen) atoms. The molecule has 2 nitrogen and oxygen atoms in total. The molecule has 0 aliphatic carbocycles. The monoisotopic (exact) mass is 121 g/mol. The Morgan fingerprint density at radius 2 is 1.83 bits per heavy atom. The summed E-state index contributed by atoms with van der Waals surface area (Å²) in [4.78, 5) is 7.56. The van der Waals surface area contributed by atoms with E-state index < -0.39 is 8.03 Å². The van der Waals surface area contributed by atoms with E-state index in [1.807, 2.05) is 0 Å². The van der Waals surface area contributed by atoms with Gasteiger partial charge in [-0.2, -0.15) is 4.89 Å². The summed E-state index contributed by atoms with van der Waals surface area (Å²) in [6, 6.07) is 0. The normalized spacial score (nSPS) is 7.33. The molecule has 0 aromatic rings. The second kappa shape index (κ2) is 9.27. The van der Waals surface area contributed by atoms with Crippen LogP contribution in [0.4, 0.5) is 0 Å². The van der Waals surface area contributed by atoms with Gasteiger partial charge in [-0.3, -0.25) is 0 Å². The van der Waals surface area contributed by atoms with Crippen molar-refractivity contribution in [3.8, 4) is 0 Å². The first kappa shape index (κ1) is 15.8. The molecule has 0 rings (SSSR count). The third kappa shape index (κ3) is 104. The zero-order chi connectivity index (χ0) is 3.58. The van der Waals surface area contributed by atoms with Gasteiger partial charge in [0.25, 0.3) is 0 Å². The standard InChI is InChI=1S/CH3O2P.CH4.Mg.2H/c1-4(2)3;;;;/h1H3;1H4;;;/q;;+2;2*-1/p+1. The van der Waals surface area contributed by atoms with Gasteiger partial charge in [0.05, 0.1) is 0 Å². The molecule has 36 valence electrons. The molecule has 0 bridgehead atoms. The van der Waals surface area contributed by atoms with Crippen molar-refractivity contribution < 1.29 is 12.3 Å². The number of hydrogen-bond acceptors (Lipinski definition) is 1. The van der Waals surface area contributed by atoms with Gasteiger partial charge in [0, 0.05) is 0 Å². The summed E-state index contributed by atoms with van der Waals surface area (Å²) in [6.45, 7) is 1.23. The molecule has 0 saturated carbocycles. The predicted octanol–water partition coefficient (Wildman–Crippen LogP) is 0.831. The first-order valence-electron chi connectivity index (χ1n) is 0.830. The number of hydrogen-bond donors (Lipinski definition) is 1. The maximum atomic E-state index is 9.15. The summed E-state index contributed by atoms with van der Waals surface area (Å²) in [5.41, 5.74) is 0. The molecule has 0 aromatic heterocycles. The smallest absolute Gasteiger partial charge is 1.00 e. The Hall–Kier alpha value is 0.826. The van der Waals surface area contributed by atoms with E-state index in [0.29, 0.717) is 0 Å². The van der Waals surface area contributed by atoms with E-state index in [4.69, 9.17) is 9.46 Å². The molecule has 0 heterocycles. The first-order valence-corrected chi connectivity index (χ1v) is 2.49. The molecular formula is C2H10MgO2P+. The third-order valence-electron chi connectivity index (χ3n) is 0. The van der Waals surface area contributed by atoms with Crippen LogP contribution in [0.2, 0.25) is 0 Å². The Labute approximate surface area is 57.9 Å². The molecule has 0 aromatic carbocycles. The van der Waals surface area contributed by atoms with Gasteiger partial charge in [-0.1, -0.05) is 7.43 Å². The van der Waals surface area contributed by atoms with Gasteiger partial charge < -0.3 is 2.85 Å². The Kier molecular flexibility index (Phi) is 24.5. The zero-order valence-corrected chi connectivity index (χ0v) is 5.32. The molecule has 0 radical (unpaired) electrons. The van der Waals surface area contributed by atoms with Crippen LogP contribution in [0.5, 0.6) is 0 Å². The van der Waals surface area contributed by atoms with Gasteiger partial charge in [-0.05, 0) is 4.57 Å². The van der Waals surface area contributed by atoms with Crippen LogP contribution in [0.3, 0.4) is 0 Å². The molecule has 4 heteroatoms. The van der Waals surface area contributed by atoms with Crippen LogP contribution in [0.15, 0.2) is 0 Å². The second-order valence-corrected chi connectivity index (χ2v) is 1.39. The van der Waals surface area contributed by atoms with E-state index in [1.165, 1.54) is 6.66 Å². The van der Waals surface area contributed by atoms with Crippen LogP contribution in [-0.2, 0) is 4.57 Å². The first-order chi connectivity index (χ1) is 1.73. The Balaban J connectivity index is -0.00000000750. The minimum atomic E-state index is -1.87. The molecule has 1 unspecified atom stereocenters. The molecule has 0 saturated heterocycles. The van der Waals surface area contributed by atoms with Crippen LogP contribution in [0.25, 0.3) is 0 Å². The molecule has 1 N–H and O–H groups in total. The minimum Gasteiger partial charge on any atom is -1.00 e. The van der Waals surface area contributed by atoms with Gasteiger partial charge >= 0.3 is 31.1 Å². The molecule has 0 aliphatic rings. The topological polar surface area (TPSA) is 37.3 Å². The van der Waals surface area contributed by atoms with Crippen molar-refractivity contribution in [1.82, 2.24) is 0 Å². The Bertz CT molecular complexity index is 41.0. The van der Waals surface area contributed by atoms with Crippen LogP contribution >= 0.6 is 8.03 Å².